The van der Waals surface area contributed by atoms with Gasteiger partial charge in [-0.05, 0) is 178 Å². The lowest BCUT2D eigenvalue weighted by Crippen LogP contribution is -3.16. The minimum Gasteiger partial charge on any atom is -0.408 e. The highest BCUT2D eigenvalue weighted by Gasteiger charge is 3.12. The van der Waals surface area contributed by atoms with Gasteiger partial charge in [0.15, 0.2) is 9.70 Å². The molecule has 9 saturated heterocycles. The van der Waals surface area contributed by atoms with E-state index in [-0.39, 0.29) is 39.5 Å². The predicted octanol–water partition coefficient (Wildman–Crippen LogP) is 20.1. The van der Waals surface area contributed by atoms with Crippen LogP contribution in [-0.4, -0.2) is 84.2 Å². The van der Waals surface area contributed by atoms with Crippen molar-refractivity contribution in [3.05, 3.63) is 188 Å². The highest BCUT2D eigenvalue weighted by molar-refractivity contribution is 7.18. The van der Waals surface area contributed by atoms with Gasteiger partial charge in [-0.3, -0.25) is 0 Å². The zero-order chi connectivity index (χ0) is 68.4. The Bertz CT molecular complexity index is 4520. The van der Waals surface area contributed by atoms with Gasteiger partial charge in [0.25, 0.3) is 0 Å². The second kappa shape index (κ2) is 23.6. The molecule has 0 N–H and O–H groups in total. The number of benzene rings is 8. The Morgan fingerprint density at radius 1 is 0.288 bits per heavy atom. The smallest absolute Gasteiger partial charge is 0.408 e. The van der Waals surface area contributed by atoms with Crippen LogP contribution in [0, 0.1) is 11.8 Å². The Labute approximate surface area is 619 Å². The van der Waals surface area contributed by atoms with Crippen molar-refractivity contribution < 1.29 is 50.6 Å². The number of fused-ring (bicyclic) bond motifs is 2. The summed E-state index contributed by atoms with van der Waals surface area (Å²) >= 11 is 0. The highest BCUT2D eigenvalue weighted by Crippen LogP contribution is 2.82. The molecular weight excluding hydrogens is 1430 g/mol. The molecule has 0 radical (unpaired) electrons. The normalized spacial score (nSPS) is 38.2. The summed E-state index contributed by atoms with van der Waals surface area (Å²) in [6.45, 7) is 0. The molecule has 11 unspecified atom stereocenters. The fourth-order valence-electron chi connectivity index (χ4n) is 24.2. The summed E-state index contributed by atoms with van der Waals surface area (Å²) in [7, 11) is -32.6. The third-order valence-corrected chi connectivity index (χ3v) is 74.3. The lowest BCUT2D eigenvalue weighted by atomic mass is 10.0. The van der Waals surface area contributed by atoms with E-state index in [2.05, 4.69) is 198 Å². The quantitative estimate of drug-likeness (QED) is 0.0906. The summed E-state index contributed by atoms with van der Waals surface area (Å²) < 4.78 is 108. The van der Waals surface area contributed by atoms with E-state index >= 15 is 0 Å². The number of hydrogen-bond donors (Lipinski definition) is 0. The topological polar surface area (TPSA) is 117 Å². The third-order valence-electron chi connectivity index (χ3n) is 28.6. The van der Waals surface area contributed by atoms with Crippen LogP contribution < -0.4 is 15.0 Å². The van der Waals surface area contributed by atoms with Gasteiger partial charge in [-0.15, -0.1) is 0 Å². The zero-order valence-corrected chi connectivity index (χ0v) is 67.5. The molecule has 9 aliphatic heterocycles. The first-order valence-electron chi connectivity index (χ1n) is 40.5. The first-order valence-corrected chi connectivity index (χ1v) is 55.0. The van der Waals surface area contributed by atoms with E-state index in [4.69, 9.17) is 41.8 Å². The second-order valence-corrected chi connectivity index (χ2v) is 61.5. The van der Waals surface area contributed by atoms with Crippen LogP contribution in [0.25, 0.3) is 32.7 Å². The van der Waals surface area contributed by atoms with E-state index in [9.17, 15) is 8.85 Å². The van der Waals surface area contributed by atoms with Crippen LogP contribution in [0.2, 0.25) is 27.7 Å². The molecule has 8 aromatic carbocycles. The van der Waals surface area contributed by atoms with Crippen molar-refractivity contribution in [1.82, 2.24) is 0 Å². The molecule has 9 heterocycles. The Hall–Kier alpha value is -4.86. The lowest BCUT2D eigenvalue weighted by molar-refractivity contribution is -0.263. The van der Waals surface area contributed by atoms with Crippen LogP contribution in [0.5, 0.6) is 0 Å². The van der Waals surface area contributed by atoms with E-state index < -0.39 is 84.2 Å². The van der Waals surface area contributed by atoms with Crippen molar-refractivity contribution in [2.24, 2.45) is 11.8 Å². The molecule has 16 fully saturated rings. The molecule has 0 amide bonds. The van der Waals surface area contributed by atoms with Crippen molar-refractivity contribution in [3.8, 4) is 11.1 Å². The van der Waals surface area contributed by atoms with Gasteiger partial charge in [-0.1, -0.05) is 223 Å². The van der Waals surface area contributed by atoms with Gasteiger partial charge >= 0.3 is 69.5 Å². The highest BCUT2D eigenvalue weighted by atomic mass is 28.6. The molecule has 14 nitrogen and oxygen atoms in total. The van der Waals surface area contributed by atoms with Gasteiger partial charge in [0.1, 0.15) is 0 Å². The summed E-state index contributed by atoms with van der Waals surface area (Å²) in [5, 5.41) is 4.26. The Morgan fingerprint density at radius 3 is 1.17 bits per heavy atom. The number of para-hydroxylation sites is 2. The summed E-state index contributed by atoms with van der Waals surface area (Å²) in [4.78, 5) is 2.95. The SMILES string of the molecule is c1ccc(N(c2cc(-c3ccc([Si]45O[Si]6(C7CCCC7)O[Si]78OC9%10O[Si]%11(O4)O[Si](C4CCCC4)(O6)C%11(C4CCCC4)O[Si]9(C4CCCC4)O[Si]%10(C4CCCC4)OC7(C4CCCC4)[Si](C4CCCC4)(O5)O8)cc3)cc(N(c3ccccc3)c3cccc4ccccc34)c2)c2cccc3ccccc23)cc1. The van der Waals surface area contributed by atoms with Crippen molar-refractivity contribution in [3.63, 3.8) is 0 Å². The number of nitrogens with zero attached hydrogens (tertiary/aromatic N) is 2. The summed E-state index contributed by atoms with van der Waals surface area (Å²) in [6.07, 6.45) is 29.6. The fraction of sp³-hybridized carbons (Fsp3) is 0.463. The molecule has 3 spiro atoms. The first kappa shape index (κ1) is 65.1. The van der Waals surface area contributed by atoms with Crippen molar-refractivity contribution >= 4 is 130 Å². The van der Waals surface area contributed by atoms with Crippen LogP contribution in [0.3, 0.4) is 0 Å². The fourth-order valence-corrected chi connectivity index (χ4v) is 88.8. The van der Waals surface area contributed by atoms with E-state index in [0.29, 0.717) is 0 Å². The monoisotopic (exact) mass is 1520 g/mol. The number of hydrogen-bond acceptors (Lipinski definition) is 14. The molecule has 0 aromatic heterocycles. The van der Waals surface area contributed by atoms with Gasteiger partial charge in [0.2, 0.25) is 5.03 Å². The Morgan fingerprint density at radius 2 is 0.692 bits per heavy atom. The Balaban J connectivity index is 0.784. The molecule has 7 aliphatic carbocycles. The van der Waals surface area contributed by atoms with Crippen molar-refractivity contribution in [2.75, 3.05) is 9.80 Å². The molecule has 104 heavy (non-hydrogen) atoms. The molecule has 7 saturated carbocycles. The minimum atomic E-state index is -4.61. The molecule has 16 aliphatic rings. The average Bonchev–Trinajstić information content (AvgIpc) is 1.04. The van der Waals surface area contributed by atoms with Gasteiger partial charge in [-0.25, -0.2) is 0 Å². The molecule has 22 heteroatoms. The maximum Gasteiger partial charge on any atom is 0.521 e. The number of rotatable bonds is 15. The maximum absolute atomic E-state index is 9.22. The summed E-state index contributed by atoms with van der Waals surface area (Å²) in [5.41, 5.74) is 8.92. The Kier molecular flexibility index (Phi) is 14.8. The van der Waals surface area contributed by atoms with E-state index in [1.54, 1.807) is 0 Å². The van der Waals surface area contributed by atoms with Crippen LogP contribution in [0.15, 0.2) is 188 Å². The van der Waals surface area contributed by atoms with Crippen molar-refractivity contribution in [2.45, 2.75) is 222 Å². The molecular formula is C82H94N2O12Si8. The van der Waals surface area contributed by atoms with Crippen molar-refractivity contribution in [1.29, 1.82) is 0 Å². The van der Waals surface area contributed by atoms with Crippen LogP contribution in [0.4, 0.5) is 34.1 Å². The van der Waals surface area contributed by atoms with E-state index in [1.165, 1.54) is 21.5 Å². The second-order valence-electron chi connectivity index (χ2n) is 33.8. The number of anilines is 6. The van der Waals surface area contributed by atoms with Gasteiger partial charge in [0.05, 0.1) is 11.4 Å². The zero-order valence-electron chi connectivity index (χ0n) is 59.5. The maximum atomic E-state index is 9.22. The van der Waals surface area contributed by atoms with Crippen LogP contribution in [0.1, 0.15) is 180 Å². The molecule has 24 rings (SSSR count). The average molecular weight is 1520 g/mol. The molecule has 11 atom stereocenters. The third kappa shape index (κ3) is 8.44. The summed E-state index contributed by atoms with van der Waals surface area (Å²) in [6, 6.07) is 69.3. The van der Waals surface area contributed by atoms with Gasteiger partial charge < -0.3 is 60.4 Å². The molecule has 6 bridgehead atoms. The van der Waals surface area contributed by atoms with Gasteiger partial charge in [-0.2, -0.15) is 0 Å². The standard InChI is InChI=1S/C82H94N2O12Si8/c1-3-35-66(36-4-1)83(78-51-25-29-61-27-7-23-49-76(61)78)68-57-63(58-69(59-68)84(67-37-5-2-6-38-67)79-52-26-30-62-28-8-24-50-77(62)79)60-53-55-75(56-54-60)102-91-98(71-41-15-16-42-71)81(65-33-11-12-34-65)86-100(73-45-19-20-46-73)82-87-103(81,93-98)95-101(94-102,74-47-21-22-48-74)90-97(70-39-13-14-40-70)80(64-31-9-10-32-64,104(88-82,92-97)96-102)85-99(82,89-100)72-43-17-18-44-72/h1-8,23-30,35-38,49-59,64-65,70-74H,9-22,31-34,39-48H2. The van der Waals surface area contributed by atoms with E-state index in [0.717, 1.165) is 230 Å². The summed E-state index contributed by atoms with van der Waals surface area (Å²) in [5.74, 6) is 0.176. The minimum absolute atomic E-state index is 0.0587. The lowest BCUT2D eigenvalue weighted by Gasteiger charge is -2.86. The molecule has 536 valence electrons. The largest absolute Gasteiger partial charge is 0.521 e. The molecule has 8 aromatic rings. The first-order chi connectivity index (χ1) is 51.2. The van der Waals surface area contributed by atoms with Gasteiger partial charge in [0, 0.05) is 66.4 Å². The van der Waals surface area contributed by atoms with Crippen LogP contribution >= 0.6 is 0 Å². The van der Waals surface area contributed by atoms with E-state index in [1.807, 2.05) is 0 Å². The van der Waals surface area contributed by atoms with Crippen LogP contribution in [-0.2, 0) is 50.6 Å². The predicted molar refractivity (Wildman–Crippen MR) is 418 cm³/mol.